The summed E-state index contributed by atoms with van der Waals surface area (Å²) in [6, 6.07) is 23.2. The van der Waals surface area contributed by atoms with Gasteiger partial charge in [-0.3, -0.25) is 4.79 Å². The third-order valence-electron chi connectivity index (χ3n) is 5.63. The van der Waals surface area contributed by atoms with Crippen LogP contribution in [0.25, 0.3) is 33.0 Å². The molecular weight excluding hydrogens is 443 g/mol. The normalized spacial score (nSPS) is 11.3. The second-order valence-electron chi connectivity index (χ2n) is 7.54. The molecule has 0 bridgehead atoms. The molecule has 0 unspecified atom stereocenters. The van der Waals surface area contributed by atoms with E-state index in [0.29, 0.717) is 45.6 Å². The number of benzene rings is 3. The van der Waals surface area contributed by atoms with E-state index in [1.54, 1.807) is 16.7 Å². The molecule has 0 aliphatic heterocycles. The SMILES string of the molecule is CCn1c(=O)c2c(-c3ccc(Cl)c(Cl)c3)c(NCc3ccccc3)oc2c2ccccc21. The van der Waals surface area contributed by atoms with E-state index in [1.165, 1.54) is 0 Å². The maximum Gasteiger partial charge on any atom is 0.262 e. The van der Waals surface area contributed by atoms with Gasteiger partial charge in [0.1, 0.15) is 0 Å². The quantitative estimate of drug-likeness (QED) is 0.296. The summed E-state index contributed by atoms with van der Waals surface area (Å²) in [7, 11) is 0. The van der Waals surface area contributed by atoms with Crippen molar-refractivity contribution in [1.82, 2.24) is 4.57 Å². The van der Waals surface area contributed by atoms with Gasteiger partial charge in [0.05, 0.1) is 26.5 Å². The van der Waals surface area contributed by atoms with Crippen molar-refractivity contribution in [1.29, 1.82) is 0 Å². The van der Waals surface area contributed by atoms with Gasteiger partial charge in [0.15, 0.2) is 5.58 Å². The molecule has 5 aromatic rings. The van der Waals surface area contributed by atoms with E-state index >= 15 is 0 Å². The molecule has 0 spiro atoms. The molecule has 0 atom stereocenters. The largest absolute Gasteiger partial charge is 0.439 e. The molecule has 0 aliphatic rings. The Morgan fingerprint density at radius 1 is 0.938 bits per heavy atom. The third-order valence-corrected chi connectivity index (χ3v) is 6.37. The number of aromatic nitrogens is 1. The molecule has 0 aliphatic carbocycles. The van der Waals surface area contributed by atoms with Crippen molar-refractivity contribution in [3.05, 3.63) is 98.8 Å². The number of fused-ring (bicyclic) bond motifs is 3. The predicted octanol–water partition coefficient (Wildman–Crippen LogP) is 7.35. The van der Waals surface area contributed by atoms with Gasteiger partial charge < -0.3 is 14.3 Å². The molecule has 2 heterocycles. The van der Waals surface area contributed by atoms with E-state index < -0.39 is 0 Å². The third kappa shape index (κ3) is 3.46. The summed E-state index contributed by atoms with van der Waals surface area (Å²) in [5.74, 6) is 0.526. The molecule has 1 N–H and O–H groups in total. The monoisotopic (exact) mass is 462 g/mol. The van der Waals surface area contributed by atoms with Gasteiger partial charge in [0, 0.05) is 18.5 Å². The smallest absolute Gasteiger partial charge is 0.262 e. The van der Waals surface area contributed by atoms with Gasteiger partial charge in [0.25, 0.3) is 5.56 Å². The van der Waals surface area contributed by atoms with Crippen LogP contribution in [0, 0.1) is 0 Å². The number of hydrogen-bond donors (Lipinski definition) is 1. The number of furan rings is 1. The number of nitrogens with one attached hydrogen (secondary N) is 1. The Morgan fingerprint density at radius 3 is 2.44 bits per heavy atom. The molecule has 4 nitrogen and oxygen atoms in total. The van der Waals surface area contributed by atoms with Crippen molar-refractivity contribution in [3.63, 3.8) is 0 Å². The zero-order valence-electron chi connectivity index (χ0n) is 17.4. The molecule has 0 amide bonds. The number of nitrogens with zero attached hydrogens (tertiary/aromatic N) is 1. The molecule has 3 aromatic carbocycles. The number of aryl methyl sites for hydroxylation is 1. The standard InChI is InChI=1S/C26H20Cl2N2O2/c1-2-30-21-11-7-6-10-18(21)24-23(26(30)31)22(17-12-13-19(27)20(28)14-17)25(32-24)29-15-16-8-4-3-5-9-16/h3-14,29H,2,15H2,1H3. The number of anilines is 1. The lowest BCUT2D eigenvalue weighted by Gasteiger charge is -2.09. The van der Waals surface area contributed by atoms with Crippen molar-refractivity contribution >= 4 is 51.0 Å². The van der Waals surface area contributed by atoms with Gasteiger partial charge in [-0.05, 0) is 42.3 Å². The number of rotatable bonds is 5. The summed E-state index contributed by atoms with van der Waals surface area (Å²) >= 11 is 12.5. The highest BCUT2D eigenvalue weighted by atomic mass is 35.5. The number of halogens is 2. The Balaban J connectivity index is 1.81. The number of pyridine rings is 1. The van der Waals surface area contributed by atoms with Crippen LogP contribution in [-0.2, 0) is 13.1 Å². The van der Waals surface area contributed by atoms with E-state index in [2.05, 4.69) is 5.32 Å². The Labute approximate surface area is 195 Å². The molecule has 0 saturated heterocycles. The van der Waals surface area contributed by atoms with Gasteiger partial charge in [-0.2, -0.15) is 0 Å². The molecular formula is C26H20Cl2N2O2. The van der Waals surface area contributed by atoms with Gasteiger partial charge in [-0.25, -0.2) is 0 Å². The molecule has 160 valence electrons. The molecule has 0 radical (unpaired) electrons. The second kappa shape index (κ2) is 8.38. The van der Waals surface area contributed by atoms with Crippen LogP contribution >= 0.6 is 23.2 Å². The topological polar surface area (TPSA) is 47.2 Å². The van der Waals surface area contributed by atoms with Crippen molar-refractivity contribution < 1.29 is 4.42 Å². The van der Waals surface area contributed by atoms with Crippen LogP contribution in [0.3, 0.4) is 0 Å². The van der Waals surface area contributed by atoms with E-state index in [-0.39, 0.29) is 5.56 Å². The summed E-state index contributed by atoms with van der Waals surface area (Å²) in [5.41, 5.74) is 3.86. The fraction of sp³-hybridized carbons (Fsp3) is 0.115. The van der Waals surface area contributed by atoms with E-state index in [1.807, 2.05) is 67.6 Å². The lowest BCUT2D eigenvalue weighted by Crippen LogP contribution is -2.19. The Kier molecular flexibility index (Phi) is 5.41. The predicted molar refractivity (Wildman–Crippen MR) is 133 cm³/mol. The number of para-hydroxylation sites is 1. The fourth-order valence-electron chi connectivity index (χ4n) is 4.11. The second-order valence-corrected chi connectivity index (χ2v) is 8.36. The minimum absolute atomic E-state index is 0.0983. The first-order valence-corrected chi connectivity index (χ1v) is 11.1. The van der Waals surface area contributed by atoms with Crippen molar-refractivity contribution in [2.24, 2.45) is 0 Å². The minimum Gasteiger partial charge on any atom is -0.439 e. The van der Waals surface area contributed by atoms with Gasteiger partial charge in [0.2, 0.25) is 5.88 Å². The minimum atomic E-state index is -0.0983. The first-order valence-electron chi connectivity index (χ1n) is 10.4. The molecule has 0 saturated carbocycles. The van der Waals surface area contributed by atoms with Crippen molar-refractivity contribution in [2.45, 2.75) is 20.0 Å². The molecule has 6 heteroatoms. The average Bonchev–Trinajstić information content (AvgIpc) is 3.21. The molecule has 2 aromatic heterocycles. The summed E-state index contributed by atoms with van der Waals surface area (Å²) in [5, 5.41) is 5.68. The van der Waals surface area contributed by atoms with E-state index in [4.69, 9.17) is 27.6 Å². The van der Waals surface area contributed by atoms with Gasteiger partial charge in [-0.15, -0.1) is 0 Å². The highest BCUT2D eigenvalue weighted by Gasteiger charge is 2.23. The van der Waals surface area contributed by atoms with Crippen molar-refractivity contribution in [2.75, 3.05) is 5.32 Å². The Morgan fingerprint density at radius 2 is 1.69 bits per heavy atom. The maximum atomic E-state index is 13.6. The zero-order chi connectivity index (χ0) is 22.2. The van der Waals surface area contributed by atoms with Crippen LogP contribution < -0.4 is 10.9 Å². The highest BCUT2D eigenvalue weighted by molar-refractivity contribution is 6.42. The van der Waals surface area contributed by atoms with E-state index in [0.717, 1.165) is 22.0 Å². The highest BCUT2D eigenvalue weighted by Crippen LogP contribution is 2.41. The van der Waals surface area contributed by atoms with Crippen LogP contribution in [0.5, 0.6) is 0 Å². The van der Waals surface area contributed by atoms with Crippen LogP contribution in [-0.4, -0.2) is 4.57 Å². The molecule has 32 heavy (non-hydrogen) atoms. The lowest BCUT2D eigenvalue weighted by molar-refractivity contribution is 0.629. The average molecular weight is 463 g/mol. The molecule has 5 rings (SSSR count). The first-order chi connectivity index (χ1) is 15.6. The van der Waals surface area contributed by atoms with Crippen LogP contribution in [0.15, 0.2) is 82.0 Å². The summed E-state index contributed by atoms with van der Waals surface area (Å²) in [6.45, 7) is 3.07. The summed E-state index contributed by atoms with van der Waals surface area (Å²) in [4.78, 5) is 13.6. The van der Waals surface area contributed by atoms with Crippen molar-refractivity contribution in [3.8, 4) is 11.1 Å². The lowest BCUT2D eigenvalue weighted by atomic mass is 10.0. The summed E-state index contributed by atoms with van der Waals surface area (Å²) < 4.78 is 8.11. The Bertz CT molecular complexity index is 1500. The molecule has 0 fully saturated rings. The first kappa shape index (κ1) is 20.7. The van der Waals surface area contributed by atoms with Gasteiger partial charge >= 0.3 is 0 Å². The summed E-state index contributed by atoms with van der Waals surface area (Å²) in [6.07, 6.45) is 0. The maximum absolute atomic E-state index is 13.6. The van der Waals surface area contributed by atoms with E-state index in [9.17, 15) is 4.79 Å². The fourth-order valence-corrected chi connectivity index (χ4v) is 4.41. The van der Waals surface area contributed by atoms with Gasteiger partial charge in [-0.1, -0.05) is 71.7 Å². The van der Waals surface area contributed by atoms with Crippen LogP contribution in [0.2, 0.25) is 10.0 Å². The number of hydrogen-bond acceptors (Lipinski definition) is 3. The Hall–Kier alpha value is -3.21. The zero-order valence-corrected chi connectivity index (χ0v) is 18.9. The van der Waals surface area contributed by atoms with Crippen LogP contribution in [0.1, 0.15) is 12.5 Å². The van der Waals surface area contributed by atoms with Crippen LogP contribution in [0.4, 0.5) is 5.88 Å².